The summed E-state index contributed by atoms with van der Waals surface area (Å²) in [4.78, 5) is 4.59. The molecule has 3 rings (SSSR count). The standard InChI is InChI=1S/C23H21ClINO4S/c1-4-29-22-13-17(14-26-21-7-5-6-15(2)16(21)3)12-20(25)23(22)30-31(27,28)19-10-8-18(24)9-11-19/h5-14H,4H2,1-3H3. The van der Waals surface area contributed by atoms with Gasteiger partial charge in [0.05, 0.1) is 15.9 Å². The van der Waals surface area contributed by atoms with Crippen LogP contribution >= 0.6 is 34.2 Å². The number of halogens is 2. The van der Waals surface area contributed by atoms with Crippen molar-refractivity contribution in [2.24, 2.45) is 4.99 Å². The topological polar surface area (TPSA) is 65.0 Å². The number of ether oxygens (including phenoxy) is 1. The molecule has 0 aromatic heterocycles. The van der Waals surface area contributed by atoms with Crippen molar-refractivity contribution in [3.05, 3.63) is 79.9 Å². The molecule has 0 spiro atoms. The van der Waals surface area contributed by atoms with Crippen LogP contribution in [0, 0.1) is 17.4 Å². The Labute approximate surface area is 201 Å². The van der Waals surface area contributed by atoms with Crippen LogP contribution in [-0.2, 0) is 10.1 Å². The number of aliphatic imine (C=N–C) groups is 1. The lowest BCUT2D eigenvalue weighted by Crippen LogP contribution is -2.12. The fourth-order valence-electron chi connectivity index (χ4n) is 2.78. The Hall–Kier alpha value is -2.10. The van der Waals surface area contributed by atoms with Gasteiger partial charge in [0.15, 0.2) is 11.5 Å². The van der Waals surface area contributed by atoms with Crippen molar-refractivity contribution in [2.45, 2.75) is 25.7 Å². The number of hydrogen-bond acceptors (Lipinski definition) is 5. The van der Waals surface area contributed by atoms with Crippen LogP contribution in [0.25, 0.3) is 0 Å². The molecule has 3 aromatic rings. The van der Waals surface area contributed by atoms with Gasteiger partial charge in [-0.05, 0) is 103 Å². The molecule has 0 fully saturated rings. The van der Waals surface area contributed by atoms with Crippen LogP contribution in [0.3, 0.4) is 0 Å². The lowest BCUT2D eigenvalue weighted by atomic mass is 10.1. The second kappa shape index (κ2) is 10.0. The van der Waals surface area contributed by atoms with Gasteiger partial charge in [0.25, 0.3) is 0 Å². The zero-order valence-corrected chi connectivity index (χ0v) is 21.0. The third-order valence-corrected chi connectivity index (χ3v) is 6.84. The van der Waals surface area contributed by atoms with E-state index in [-0.39, 0.29) is 10.6 Å². The number of rotatable bonds is 7. The van der Waals surface area contributed by atoms with Crippen molar-refractivity contribution in [3.63, 3.8) is 0 Å². The van der Waals surface area contributed by atoms with Crippen molar-refractivity contribution in [1.82, 2.24) is 0 Å². The largest absolute Gasteiger partial charge is 0.490 e. The van der Waals surface area contributed by atoms with E-state index in [0.717, 1.165) is 22.4 Å². The first-order valence-corrected chi connectivity index (χ1v) is 12.3. The molecular formula is C23H21ClINO4S. The van der Waals surface area contributed by atoms with Crippen molar-refractivity contribution >= 4 is 56.2 Å². The summed E-state index contributed by atoms with van der Waals surface area (Å²) in [6.45, 7) is 6.24. The second-order valence-corrected chi connectivity index (χ2v) is 9.88. The number of nitrogens with zero attached hydrogens (tertiary/aromatic N) is 1. The van der Waals surface area contributed by atoms with Crippen LogP contribution in [0.2, 0.25) is 5.02 Å². The number of hydrogen-bond donors (Lipinski definition) is 0. The normalized spacial score (nSPS) is 11.6. The van der Waals surface area contributed by atoms with Gasteiger partial charge in [-0.15, -0.1) is 0 Å². The highest BCUT2D eigenvalue weighted by atomic mass is 127. The highest BCUT2D eigenvalue weighted by molar-refractivity contribution is 14.1. The van der Waals surface area contributed by atoms with Gasteiger partial charge in [0.1, 0.15) is 4.90 Å². The Balaban J connectivity index is 1.96. The molecule has 0 atom stereocenters. The van der Waals surface area contributed by atoms with Gasteiger partial charge in [0.2, 0.25) is 0 Å². The number of aryl methyl sites for hydroxylation is 1. The molecule has 5 nitrogen and oxygen atoms in total. The van der Waals surface area contributed by atoms with Crippen LogP contribution in [0.5, 0.6) is 11.5 Å². The van der Waals surface area contributed by atoms with Gasteiger partial charge in [-0.1, -0.05) is 23.7 Å². The predicted octanol–water partition coefficient (Wildman–Crippen LogP) is 6.48. The average Bonchev–Trinajstić information content (AvgIpc) is 2.72. The van der Waals surface area contributed by atoms with Crippen LogP contribution in [0.15, 0.2) is 64.5 Å². The van der Waals surface area contributed by atoms with E-state index in [1.165, 1.54) is 24.3 Å². The molecule has 0 aliphatic rings. The third kappa shape index (κ3) is 5.78. The van der Waals surface area contributed by atoms with Gasteiger partial charge in [-0.25, -0.2) is 0 Å². The summed E-state index contributed by atoms with van der Waals surface area (Å²) in [6, 6.07) is 15.3. The highest BCUT2D eigenvalue weighted by Gasteiger charge is 2.22. The van der Waals surface area contributed by atoms with E-state index in [2.05, 4.69) is 4.99 Å². The predicted molar refractivity (Wildman–Crippen MR) is 133 cm³/mol. The molecule has 0 unspecified atom stereocenters. The van der Waals surface area contributed by atoms with Crippen molar-refractivity contribution < 1.29 is 17.3 Å². The molecule has 0 amide bonds. The minimum Gasteiger partial charge on any atom is -0.490 e. The molecule has 0 bridgehead atoms. The van der Waals surface area contributed by atoms with Gasteiger partial charge in [-0.3, -0.25) is 4.99 Å². The summed E-state index contributed by atoms with van der Waals surface area (Å²) in [6.07, 6.45) is 1.73. The smallest absolute Gasteiger partial charge is 0.339 e. The maximum absolute atomic E-state index is 12.7. The third-order valence-electron chi connectivity index (χ3n) is 4.56. The van der Waals surface area contributed by atoms with Gasteiger partial charge >= 0.3 is 10.1 Å². The van der Waals surface area contributed by atoms with Crippen LogP contribution in [0.1, 0.15) is 23.6 Å². The molecule has 0 radical (unpaired) electrons. The molecule has 0 heterocycles. The van der Waals surface area contributed by atoms with Gasteiger partial charge < -0.3 is 8.92 Å². The molecule has 0 aliphatic heterocycles. The lowest BCUT2D eigenvalue weighted by Gasteiger charge is -2.14. The SMILES string of the molecule is CCOc1cc(C=Nc2cccc(C)c2C)cc(I)c1OS(=O)(=O)c1ccc(Cl)cc1. The summed E-state index contributed by atoms with van der Waals surface area (Å²) in [5.41, 5.74) is 3.91. The molecule has 0 saturated heterocycles. The Kier molecular flexibility index (Phi) is 7.61. The molecule has 162 valence electrons. The molecule has 8 heteroatoms. The van der Waals surface area contributed by atoms with Crippen LogP contribution in [-0.4, -0.2) is 21.2 Å². The van der Waals surface area contributed by atoms with Gasteiger partial charge in [-0.2, -0.15) is 8.42 Å². The lowest BCUT2D eigenvalue weighted by molar-refractivity contribution is 0.327. The molecule has 3 aromatic carbocycles. The Morgan fingerprint density at radius 3 is 2.48 bits per heavy atom. The van der Waals surface area contributed by atoms with Gasteiger partial charge in [0, 0.05) is 11.2 Å². The zero-order chi connectivity index (χ0) is 22.6. The molecule has 0 N–H and O–H groups in total. The first kappa shape index (κ1) is 23.6. The summed E-state index contributed by atoms with van der Waals surface area (Å²) in [5, 5.41) is 0.441. The fraction of sp³-hybridized carbons (Fsp3) is 0.174. The summed E-state index contributed by atoms with van der Waals surface area (Å²) >= 11 is 7.88. The van der Waals surface area contributed by atoms with Crippen LogP contribution in [0.4, 0.5) is 5.69 Å². The van der Waals surface area contributed by atoms with E-state index in [9.17, 15) is 8.42 Å². The van der Waals surface area contributed by atoms with E-state index >= 15 is 0 Å². The van der Waals surface area contributed by atoms with Crippen molar-refractivity contribution in [1.29, 1.82) is 0 Å². The minimum atomic E-state index is -4.05. The minimum absolute atomic E-state index is 0.00992. The Bertz CT molecular complexity index is 1230. The molecule has 0 aliphatic carbocycles. The first-order valence-electron chi connectivity index (χ1n) is 9.48. The first-order chi connectivity index (χ1) is 14.7. The highest BCUT2D eigenvalue weighted by Crippen LogP contribution is 2.36. The summed E-state index contributed by atoms with van der Waals surface area (Å²) in [7, 11) is -4.05. The van der Waals surface area contributed by atoms with E-state index in [1.807, 2.05) is 61.6 Å². The van der Waals surface area contributed by atoms with Crippen LogP contribution < -0.4 is 8.92 Å². The van der Waals surface area contributed by atoms with E-state index in [1.54, 1.807) is 18.3 Å². The Morgan fingerprint density at radius 2 is 1.81 bits per heavy atom. The van der Waals surface area contributed by atoms with Crippen molar-refractivity contribution in [3.8, 4) is 11.5 Å². The van der Waals surface area contributed by atoms with E-state index in [4.69, 9.17) is 20.5 Å². The average molecular weight is 570 g/mol. The van der Waals surface area contributed by atoms with Crippen molar-refractivity contribution in [2.75, 3.05) is 6.61 Å². The fourth-order valence-corrected chi connectivity index (χ4v) is 4.75. The maximum atomic E-state index is 12.7. The molecule has 0 saturated carbocycles. The quantitative estimate of drug-likeness (QED) is 0.186. The summed E-state index contributed by atoms with van der Waals surface area (Å²) in [5.74, 6) is 0.468. The second-order valence-electron chi connectivity index (χ2n) is 6.73. The Morgan fingerprint density at radius 1 is 1.10 bits per heavy atom. The monoisotopic (exact) mass is 569 g/mol. The maximum Gasteiger partial charge on any atom is 0.339 e. The number of benzene rings is 3. The van der Waals surface area contributed by atoms with E-state index < -0.39 is 10.1 Å². The molecular weight excluding hydrogens is 549 g/mol. The van der Waals surface area contributed by atoms with E-state index in [0.29, 0.717) is 20.9 Å². The zero-order valence-electron chi connectivity index (χ0n) is 17.2. The summed E-state index contributed by atoms with van der Waals surface area (Å²) < 4.78 is 37.2. The molecule has 31 heavy (non-hydrogen) atoms.